The van der Waals surface area contributed by atoms with E-state index in [-0.39, 0.29) is 5.91 Å². The number of carbonyl (C=O) groups is 2. The highest BCUT2D eigenvalue weighted by Crippen LogP contribution is 2.18. The maximum atomic E-state index is 12.5. The van der Waals surface area contributed by atoms with Gasteiger partial charge in [0.2, 0.25) is 0 Å². The quantitative estimate of drug-likeness (QED) is 0.894. The van der Waals surface area contributed by atoms with Crippen LogP contribution in [0.3, 0.4) is 0 Å². The number of likely N-dealkylation sites (tertiary alicyclic amines) is 1. The van der Waals surface area contributed by atoms with Gasteiger partial charge in [0.15, 0.2) is 0 Å². The van der Waals surface area contributed by atoms with Gasteiger partial charge in [-0.05, 0) is 42.9 Å². The summed E-state index contributed by atoms with van der Waals surface area (Å²) >= 11 is 0. The van der Waals surface area contributed by atoms with Gasteiger partial charge in [-0.15, -0.1) is 0 Å². The van der Waals surface area contributed by atoms with Crippen LogP contribution in [0.15, 0.2) is 24.3 Å². The van der Waals surface area contributed by atoms with E-state index in [1.54, 1.807) is 0 Å². The lowest BCUT2D eigenvalue weighted by Gasteiger charge is -2.20. The molecule has 5 nitrogen and oxygen atoms in total. The Bertz CT molecular complexity index is 499. The van der Waals surface area contributed by atoms with Crippen LogP contribution in [0.25, 0.3) is 0 Å². The van der Waals surface area contributed by atoms with Crippen molar-refractivity contribution < 1.29 is 9.59 Å². The number of hydrogen-bond donors (Lipinski definition) is 2. The number of nitrogens with two attached hydrogens (primary N) is 1. The van der Waals surface area contributed by atoms with Crippen LogP contribution in [0.5, 0.6) is 0 Å². The molecule has 0 saturated carbocycles. The van der Waals surface area contributed by atoms with E-state index in [1.165, 1.54) is 6.42 Å². The van der Waals surface area contributed by atoms with E-state index >= 15 is 0 Å². The van der Waals surface area contributed by atoms with Gasteiger partial charge in [-0.2, -0.15) is 0 Å². The summed E-state index contributed by atoms with van der Waals surface area (Å²) < 4.78 is 0. The molecule has 0 aliphatic carbocycles. The highest BCUT2D eigenvalue weighted by atomic mass is 16.2. The topological polar surface area (TPSA) is 75.4 Å². The molecule has 1 aliphatic rings. The molecule has 0 aromatic heterocycles. The van der Waals surface area contributed by atoms with Gasteiger partial charge >= 0.3 is 6.03 Å². The van der Waals surface area contributed by atoms with Crippen molar-refractivity contribution in [2.75, 3.05) is 13.1 Å². The second kappa shape index (κ2) is 7.11. The number of rotatable bonds is 3. The molecule has 1 aliphatic heterocycles. The number of hydrogen-bond acceptors (Lipinski definition) is 2. The molecule has 2 rings (SSSR count). The van der Waals surface area contributed by atoms with E-state index in [0.29, 0.717) is 18.0 Å². The summed E-state index contributed by atoms with van der Waals surface area (Å²) in [5, 5.41) is 2.53. The van der Waals surface area contributed by atoms with Gasteiger partial charge in [0.05, 0.1) is 0 Å². The molecule has 0 bridgehead atoms. The van der Waals surface area contributed by atoms with Crippen molar-refractivity contribution in [3.8, 4) is 0 Å². The minimum absolute atomic E-state index is 0.0958. The average Bonchev–Trinajstić information content (AvgIpc) is 2.69. The highest BCUT2D eigenvalue weighted by molar-refractivity contribution is 5.94. The number of nitrogens with zero attached hydrogens (tertiary/aromatic N) is 1. The van der Waals surface area contributed by atoms with Gasteiger partial charge < -0.3 is 16.0 Å². The van der Waals surface area contributed by atoms with Crippen LogP contribution in [-0.4, -0.2) is 29.9 Å². The second-order valence-electron chi connectivity index (χ2n) is 5.74. The predicted molar refractivity (Wildman–Crippen MR) is 81.8 cm³/mol. The lowest BCUT2D eigenvalue weighted by molar-refractivity contribution is 0.0760. The SMILES string of the molecule is CC1CCCN(C(=O)c2ccc(CNC(N)=O)cc2)CC1. The number of carbonyl (C=O) groups excluding carboxylic acids is 2. The standard InChI is InChI=1S/C16H23N3O2/c1-12-3-2-9-19(10-8-12)15(20)14-6-4-13(5-7-14)11-18-16(17)21/h4-7,12H,2-3,8-11H2,1H3,(H3,17,18,21). The maximum absolute atomic E-state index is 12.5. The van der Waals surface area contributed by atoms with Crippen LogP contribution in [0, 0.1) is 5.92 Å². The molecule has 1 saturated heterocycles. The Hall–Kier alpha value is -2.04. The first-order valence-electron chi connectivity index (χ1n) is 7.48. The maximum Gasteiger partial charge on any atom is 0.312 e. The van der Waals surface area contributed by atoms with Gasteiger partial charge in [-0.3, -0.25) is 4.79 Å². The third kappa shape index (κ3) is 4.48. The van der Waals surface area contributed by atoms with Crippen LogP contribution < -0.4 is 11.1 Å². The molecule has 1 atom stereocenters. The van der Waals surface area contributed by atoms with Crippen molar-refractivity contribution >= 4 is 11.9 Å². The van der Waals surface area contributed by atoms with Crippen molar-refractivity contribution in [2.24, 2.45) is 11.7 Å². The molecule has 1 unspecified atom stereocenters. The zero-order valence-corrected chi connectivity index (χ0v) is 12.5. The Labute approximate surface area is 125 Å². The fraction of sp³-hybridized carbons (Fsp3) is 0.500. The van der Waals surface area contributed by atoms with E-state index in [2.05, 4.69) is 12.2 Å². The zero-order valence-electron chi connectivity index (χ0n) is 12.5. The first-order chi connectivity index (χ1) is 10.1. The third-order valence-corrected chi connectivity index (χ3v) is 3.97. The van der Waals surface area contributed by atoms with Crippen LogP contribution in [0.1, 0.15) is 42.1 Å². The summed E-state index contributed by atoms with van der Waals surface area (Å²) in [5.41, 5.74) is 6.66. The van der Waals surface area contributed by atoms with E-state index in [1.807, 2.05) is 29.2 Å². The first-order valence-corrected chi connectivity index (χ1v) is 7.48. The summed E-state index contributed by atoms with van der Waals surface area (Å²) in [6.07, 6.45) is 3.35. The van der Waals surface area contributed by atoms with Crippen LogP contribution in [0.4, 0.5) is 4.79 Å². The molecule has 1 aromatic carbocycles. The Kier molecular flexibility index (Phi) is 5.20. The fourth-order valence-corrected chi connectivity index (χ4v) is 2.60. The molecular formula is C16H23N3O2. The molecule has 1 heterocycles. The lowest BCUT2D eigenvalue weighted by atomic mass is 10.0. The third-order valence-electron chi connectivity index (χ3n) is 3.97. The molecule has 3 amide bonds. The van der Waals surface area contributed by atoms with E-state index < -0.39 is 6.03 Å². The molecule has 0 radical (unpaired) electrons. The second-order valence-corrected chi connectivity index (χ2v) is 5.74. The van der Waals surface area contributed by atoms with E-state index in [9.17, 15) is 9.59 Å². The predicted octanol–water partition coefficient (Wildman–Crippen LogP) is 2.12. The van der Waals surface area contributed by atoms with Crippen molar-refractivity contribution in [1.82, 2.24) is 10.2 Å². The number of nitrogens with one attached hydrogen (secondary N) is 1. The van der Waals surface area contributed by atoms with Gasteiger partial charge in [0.1, 0.15) is 0 Å². The summed E-state index contributed by atoms with van der Waals surface area (Å²) in [5.74, 6) is 0.795. The molecule has 1 aromatic rings. The normalized spacial score (nSPS) is 18.9. The Morgan fingerprint density at radius 3 is 2.62 bits per heavy atom. The Balaban J connectivity index is 1.97. The molecule has 21 heavy (non-hydrogen) atoms. The molecule has 0 spiro atoms. The van der Waals surface area contributed by atoms with E-state index in [0.717, 1.165) is 31.5 Å². The van der Waals surface area contributed by atoms with Crippen molar-refractivity contribution in [2.45, 2.75) is 32.7 Å². The molecule has 5 heteroatoms. The van der Waals surface area contributed by atoms with Crippen molar-refractivity contribution in [1.29, 1.82) is 0 Å². The van der Waals surface area contributed by atoms with Crippen molar-refractivity contribution in [3.63, 3.8) is 0 Å². The molecule has 3 N–H and O–H groups in total. The minimum atomic E-state index is -0.547. The van der Waals surface area contributed by atoms with Gasteiger partial charge in [-0.1, -0.05) is 19.1 Å². The Morgan fingerprint density at radius 2 is 1.95 bits per heavy atom. The number of benzene rings is 1. The van der Waals surface area contributed by atoms with Gasteiger partial charge in [0.25, 0.3) is 5.91 Å². The van der Waals surface area contributed by atoms with Gasteiger partial charge in [0, 0.05) is 25.2 Å². The number of primary amides is 1. The number of amides is 3. The molecule has 1 fully saturated rings. The summed E-state index contributed by atoms with van der Waals surface area (Å²) in [7, 11) is 0. The number of urea groups is 1. The van der Waals surface area contributed by atoms with Crippen LogP contribution in [0.2, 0.25) is 0 Å². The smallest absolute Gasteiger partial charge is 0.312 e. The highest BCUT2D eigenvalue weighted by Gasteiger charge is 2.19. The summed E-state index contributed by atoms with van der Waals surface area (Å²) in [6.45, 7) is 4.30. The summed E-state index contributed by atoms with van der Waals surface area (Å²) in [4.78, 5) is 25.1. The monoisotopic (exact) mass is 289 g/mol. The van der Waals surface area contributed by atoms with Crippen molar-refractivity contribution in [3.05, 3.63) is 35.4 Å². The largest absolute Gasteiger partial charge is 0.352 e. The summed E-state index contributed by atoms with van der Waals surface area (Å²) in [6, 6.07) is 6.78. The molecular weight excluding hydrogens is 266 g/mol. The van der Waals surface area contributed by atoms with Crippen LogP contribution >= 0.6 is 0 Å². The van der Waals surface area contributed by atoms with E-state index in [4.69, 9.17) is 5.73 Å². The average molecular weight is 289 g/mol. The Morgan fingerprint density at radius 1 is 1.24 bits per heavy atom. The first kappa shape index (κ1) is 15.4. The molecule has 114 valence electrons. The van der Waals surface area contributed by atoms with Gasteiger partial charge in [-0.25, -0.2) is 4.79 Å². The fourth-order valence-electron chi connectivity index (χ4n) is 2.60. The minimum Gasteiger partial charge on any atom is -0.352 e. The van der Waals surface area contributed by atoms with Crippen LogP contribution in [-0.2, 0) is 6.54 Å². The lowest BCUT2D eigenvalue weighted by Crippen LogP contribution is -2.32. The zero-order chi connectivity index (χ0) is 15.2.